The molecule has 2 fully saturated rings. The van der Waals surface area contributed by atoms with Gasteiger partial charge in [-0.1, -0.05) is 6.42 Å². The number of rotatable bonds is 2. The van der Waals surface area contributed by atoms with Crippen LogP contribution in [0.2, 0.25) is 0 Å². The van der Waals surface area contributed by atoms with Crippen molar-refractivity contribution >= 4 is 23.2 Å². The number of thiazole rings is 1. The van der Waals surface area contributed by atoms with Gasteiger partial charge in [-0.15, -0.1) is 11.3 Å². The number of hydrogen-bond acceptors (Lipinski definition) is 5. The Balaban J connectivity index is 1.79. The van der Waals surface area contributed by atoms with E-state index in [0.29, 0.717) is 18.8 Å². The lowest BCUT2D eigenvalue weighted by atomic mass is 9.80. The summed E-state index contributed by atoms with van der Waals surface area (Å²) in [6, 6.07) is 0. The molecule has 3 rings (SSSR count). The average Bonchev–Trinajstić information content (AvgIpc) is 3.11. The van der Waals surface area contributed by atoms with Crippen LogP contribution in [0.3, 0.4) is 0 Å². The molecule has 120 valence electrons. The van der Waals surface area contributed by atoms with Gasteiger partial charge in [0.1, 0.15) is 11.3 Å². The summed E-state index contributed by atoms with van der Waals surface area (Å²) >= 11 is 1.41. The Hall–Kier alpha value is -1.43. The lowest BCUT2D eigenvalue weighted by Crippen LogP contribution is -2.41. The lowest BCUT2D eigenvalue weighted by molar-refractivity contribution is -0.168. The average molecular weight is 322 g/mol. The Morgan fingerprint density at radius 1 is 1.45 bits per heavy atom. The van der Waals surface area contributed by atoms with Gasteiger partial charge >= 0.3 is 5.97 Å². The quantitative estimate of drug-likeness (QED) is 0.786. The molecule has 1 aliphatic heterocycles. The molecule has 0 spiro atoms. The molecule has 1 aliphatic carbocycles. The first kappa shape index (κ1) is 15.5. The minimum absolute atomic E-state index is 0.0708. The Labute approximate surface area is 134 Å². The van der Waals surface area contributed by atoms with E-state index in [1.54, 1.807) is 15.8 Å². The van der Waals surface area contributed by atoms with E-state index in [0.717, 1.165) is 19.3 Å². The summed E-state index contributed by atoms with van der Waals surface area (Å²) in [5, 5.41) is 1.76. The molecule has 1 aromatic heterocycles. The normalized spacial score (nSPS) is 27.8. The SMILES string of the molecule is CC(C)(C)OC(=O)[C@@]12CCC[C@H]1CN(C(=O)c1cscn1)C2. The molecule has 2 aliphatic rings. The minimum atomic E-state index is -0.515. The van der Waals surface area contributed by atoms with E-state index in [2.05, 4.69) is 4.98 Å². The highest BCUT2D eigenvalue weighted by atomic mass is 32.1. The second kappa shape index (κ2) is 5.33. The van der Waals surface area contributed by atoms with Crippen molar-refractivity contribution in [1.82, 2.24) is 9.88 Å². The van der Waals surface area contributed by atoms with E-state index < -0.39 is 11.0 Å². The second-order valence-electron chi connectivity index (χ2n) is 7.31. The van der Waals surface area contributed by atoms with Crippen LogP contribution in [0.25, 0.3) is 0 Å². The van der Waals surface area contributed by atoms with Crippen LogP contribution in [0.1, 0.15) is 50.5 Å². The zero-order valence-corrected chi connectivity index (χ0v) is 14.1. The van der Waals surface area contributed by atoms with Crippen molar-refractivity contribution in [3.05, 3.63) is 16.6 Å². The predicted octanol–water partition coefficient (Wildman–Crippen LogP) is 2.73. The third-order valence-corrected chi connectivity index (χ3v) is 5.20. The van der Waals surface area contributed by atoms with Gasteiger partial charge in [-0.25, -0.2) is 4.98 Å². The summed E-state index contributed by atoms with van der Waals surface area (Å²) in [5.74, 6) is -0.000373. The fraction of sp³-hybridized carbons (Fsp3) is 0.688. The monoisotopic (exact) mass is 322 g/mol. The first-order chi connectivity index (χ1) is 10.3. The Morgan fingerprint density at radius 3 is 2.86 bits per heavy atom. The van der Waals surface area contributed by atoms with Crippen LogP contribution in [-0.4, -0.2) is 40.5 Å². The van der Waals surface area contributed by atoms with Gasteiger partial charge in [-0.3, -0.25) is 9.59 Å². The Bertz CT molecular complexity index is 579. The van der Waals surface area contributed by atoms with Gasteiger partial charge in [0.05, 0.1) is 10.9 Å². The smallest absolute Gasteiger partial charge is 0.314 e. The van der Waals surface area contributed by atoms with E-state index in [9.17, 15) is 9.59 Å². The van der Waals surface area contributed by atoms with E-state index in [1.807, 2.05) is 20.8 Å². The summed E-state index contributed by atoms with van der Waals surface area (Å²) in [6.07, 6.45) is 2.83. The molecule has 0 radical (unpaired) electrons. The van der Waals surface area contributed by atoms with E-state index in [4.69, 9.17) is 4.74 Å². The summed E-state index contributed by atoms with van der Waals surface area (Å²) in [7, 11) is 0. The standard InChI is InChI=1S/C16H22N2O3S/c1-15(2,3)21-14(20)16-6-4-5-11(16)7-18(9-16)13(19)12-8-22-10-17-12/h8,10-11H,4-7,9H2,1-3H3/t11-,16+/m0/s1. The first-order valence-electron chi connectivity index (χ1n) is 7.73. The van der Waals surface area contributed by atoms with Gasteiger partial charge in [0.2, 0.25) is 0 Å². The van der Waals surface area contributed by atoms with Crippen molar-refractivity contribution in [2.45, 2.75) is 45.6 Å². The van der Waals surface area contributed by atoms with Gasteiger partial charge in [-0.05, 0) is 39.5 Å². The van der Waals surface area contributed by atoms with E-state index in [1.165, 1.54) is 11.3 Å². The number of likely N-dealkylation sites (tertiary alicyclic amines) is 1. The molecular formula is C16H22N2O3S. The van der Waals surface area contributed by atoms with Gasteiger partial charge in [0.15, 0.2) is 0 Å². The zero-order valence-electron chi connectivity index (χ0n) is 13.3. The number of esters is 1. The van der Waals surface area contributed by atoms with Crippen molar-refractivity contribution in [3.8, 4) is 0 Å². The molecule has 0 aromatic carbocycles. The number of amides is 1. The van der Waals surface area contributed by atoms with E-state index >= 15 is 0 Å². The maximum absolute atomic E-state index is 12.7. The molecule has 1 saturated heterocycles. The highest BCUT2D eigenvalue weighted by molar-refractivity contribution is 7.07. The first-order valence-corrected chi connectivity index (χ1v) is 8.67. The second-order valence-corrected chi connectivity index (χ2v) is 8.03. The van der Waals surface area contributed by atoms with Crippen LogP contribution in [0.15, 0.2) is 10.9 Å². The number of carbonyl (C=O) groups excluding carboxylic acids is 2. The Kier molecular flexibility index (Phi) is 3.75. The molecular weight excluding hydrogens is 300 g/mol. The van der Waals surface area contributed by atoms with Gasteiger partial charge in [0.25, 0.3) is 5.91 Å². The molecule has 0 N–H and O–H groups in total. The highest BCUT2D eigenvalue weighted by Crippen LogP contribution is 2.50. The fourth-order valence-corrected chi connectivity index (χ4v) is 4.16. The van der Waals surface area contributed by atoms with Gasteiger partial charge < -0.3 is 9.64 Å². The summed E-state index contributed by atoms with van der Waals surface area (Å²) in [6.45, 7) is 6.76. The van der Waals surface area contributed by atoms with E-state index in [-0.39, 0.29) is 17.8 Å². The molecule has 2 atom stereocenters. The van der Waals surface area contributed by atoms with Crippen LogP contribution in [0.4, 0.5) is 0 Å². The molecule has 1 amide bonds. The maximum Gasteiger partial charge on any atom is 0.314 e. The maximum atomic E-state index is 12.7. The molecule has 0 bridgehead atoms. The molecule has 22 heavy (non-hydrogen) atoms. The summed E-state index contributed by atoms with van der Waals surface area (Å²) in [5.41, 5.74) is 1.13. The number of hydrogen-bond donors (Lipinski definition) is 0. The van der Waals surface area contributed by atoms with Crippen LogP contribution in [0.5, 0.6) is 0 Å². The Morgan fingerprint density at radius 2 is 2.23 bits per heavy atom. The summed E-state index contributed by atoms with van der Waals surface area (Å²) in [4.78, 5) is 31.1. The van der Waals surface area contributed by atoms with Crippen molar-refractivity contribution < 1.29 is 14.3 Å². The van der Waals surface area contributed by atoms with Crippen molar-refractivity contribution in [2.75, 3.05) is 13.1 Å². The number of ether oxygens (including phenoxy) is 1. The third kappa shape index (κ3) is 2.64. The van der Waals surface area contributed by atoms with Crippen LogP contribution < -0.4 is 0 Å². The number of fused-ring (bicyclic) bond motifs is 1. The predicted molar refractivity (Wildman–Crippen MR) is 83.6 cm³/mol. The topological polar surface area (TPSA) is 59.5 Å². The highest BCUT2D eigenvalue weighted by Gasteiger charge is 2.57. The van der Waals surface area contributed by atoms with Crippen LogP contribution in [-0.2, 0) is 9.53 Å². The molecule has 1 aromatic rings. The molecule has 6 heteroatoms. The van der Waals surface area contributed by atoms with Crippen molar-refractivity contribution in [3.63, 3.8) is 0 Å². The lowest BCUT2D eigenvalue weighted by Gasteiger charge is -2.30. The van der Waals surface area contributed by atoms with Crippen LogP contribution in [0, 0.1) is 11.3 Å². The number of aromatic nitrogens is 1. The number of carbonyl (C=O) groups is 2. The minimum Gasteiger partial charge on any atom is -0.459 e. The van der Waals surface area contributed by atoms with Gasteiger partial charge in [0, 0.05) is 18.5 Å². The molecule has 2 heterocycles. The number of nitrogens with zero attached hydrogens (tertiary/aromatic N) is 2. The van der Waals surface area contributed by atoms with Gasteiger partial charge in [-0.2, -0.15) is 0 Å². The molecule has 5 nitrogen and oxygen atoms in total. The van der Waals surface area contributed by atoms with Crippen molar-refractivity contribution in [1.29, 1.82) is 0 Å². The third-order valence-electron chi connectivity index (χ3n) is 4.61. The molecule has 1 saturated carbocycles. The fourth-order valence-electron chi connectivity index (χ4n) is 3.64. The van der Waals surface area contributed by atoms with Crippen molar-refractivity contribution in [2.24, 2.45) is 11.3 Å². The summed E-state index contributed by atoms with van der Waals surface area (Å²) < 4.78 is 5.65. The largest absolute Gasteiger partial charge is 0.459 e. The van der Waals surface area contributed by atoms with Crippen LogP contribution >= 0.6 is 11.3 Å². The molecule has 0 unspecified atom stereocenters. The zero-order chi connectivity index (χ0) is 16.0.